The van der Waals surface area contributed by atoms with E-state index >= 15 is 0 Å². The summed E-state index contributed by atoms with van der Waals surface area (Å²) in [5.74, 6) is 0.353. The first-order chi connectivity index (χ1) is 15.2. The van der Waals surface area contributed by atoms with Crippen molar-refractivity contribution >= 4 is 21.6 Å². The molecule has 6 nitrogen and oxygen atoms in total. The maximum atomic E-state index is 13.5. The molecule has 0 fully saturated rings. The van der Waals surface area contributed by atoms with Crippen molar-refractivity contribution in [1.82, 2.24) is 4.90 Å². The van der Waals surface area contributed by atoms with Gasteiger partial charge in [0.25, 0.3) is 10.0 Å². The normalized spacial score (nSPS) is 11.1. The first-order valence-corrected chi connectivity index (χ1v) is 11.7. The van der Waals surface area contributed by atoms with E-state index in [1.165, 1.54) is 21.3 Å². The van der Waals surface area contributed by atoms with Crippen molar-refractivity contribution in [2.75, 3.05) is 25.0 Å². The van der Waals surface area contributed by atoms with Gasteiger partial charge in [0.2, 0.25) is 5.91 Å². The molecular weight excluding hydrogens is 424 g/mol. The summed E-state index contributed by atoms with van der Waals surface area (Å²) >= 11 is 0. The van der Waals surface area contributed by atoms with Gasteiger partial charge < -0.3 is 9.64 Å². The Bertz CT molecular complexity index is 1190. The molecule has 0 aliphatic carbocycles. The van der Waals surface area contributed by atoms with Crippen LogP contribution in [0.5, 0.6) is 5.75 Å². The van der Waals surface area contributed by atoms with E-state index in [0.717, 1.165) is 16.7 Å². The average Bonchev–Trinajstić information content (AvgIpc) is 2.79. The summed E-state index contributed by atoms with van der Waals surface area (Å²) in [7, 11) is -0.710. The van der Waals surface area contributed by atoms with Crippen molar-refractivity contribution in [1.29, 1.82) is 0 Å². The zero-order chi connectivity index (χ0) is 23.3. The second-order valence-corrected chi connectivity index (χ2v) is 9.54. The van der Waals surface area contributed by atoms with Crippen LogP contribution in [0.25, 0.3) is 0 Å². The molecule has 168 valence electrons. The van der Waals surface area contributed by atoms with Gasteiger partial charge in [0.05, 0.1) is 17.7 Å². The van der Waals surface area contributed by atoms with Crippen LogP contribution in [-0.4, -0.2) is 39.9 Å². The van der Waals surface area contributed by atoms with Gasteiger partial charge in [-0.15, -0.1) is 0 Å². The molecule has 0 unspecified atom stereocenters. The van der Waals surface area contributed by atoms with E-state index in [4.69, 9.17) is 4.74 Å². The topological polar surface area (TPSA) is 66.9 Å². The number of rotatable bonds is 8. The fraction of sp³-hybridized carbons (Fsp3) is 0.240. The van der Waals surface area contributed by atoms with Crippen LogP contribution in [0.3, 0.4) is 0 Å². The standard InChI is InChI=1S/C25H28N2O4S/c1-19-14-15-20(2)23(16-19)27(32(29,30)22-11-6-5-7-12-22)18-25(28)26(3)17-21-10-8-9-13-24(21)31-4/h5-16H,17-18H2,1-4H3. The first kappa shape index (κ1) is 23.3. The van der Waals surface area contributed by atoms with Crippen molar-refractivity contribution < 1.29 is 17.9 Å². The Kier molecular flexibility index (Phi) is 7.20. The van der Waals surface area contributed by atoms with Gasteiger partial charge in [0, 0.05) is 19.2 Å². The van der Waals surface area contributed by atoms with Crippen molar-refractivity contribution in [3.8, 4) is 5.75 Å². The van der Waals surface area contributed by atoms with E-state index < -0.39 is 10.0 Å². The number of anilines is 1. The Labute approximate surface area is 190 Å². The zero-order valence-corrected chi connectivity index (χ0v) is 19.6. The van der Waals surface area contributed by atoms with Crippen LogP contribution in [-0.2, 0) is 21.4 Å². The molecule has 0 bridgehead atoms. The summed E-state index contributed by atoms with van der Waals surface area (Å²) < 4.78 is 33.7. The van der Waals surface area contributed by atoms with Crippen molar-refractivity contribution in [3.05, 3.63) is 89.5 Å². The lowest BCUT2D eigenvalue weighted by molar-refractivity contribution is -0.128. The summed E-state index contributed by atoms with van der Waals surface area (Å²) in [5.41, 5.74) is 3.02. The molecule has 32 heavy (non-hydrogen) atoms. The van der Waals surface area contributed by atoms with E-state index in [9.17, 15) is 13.2 Å². The van der Waals surface area contributed by atoms with Crippen LogP contribution in [0.4, 0.5) is 5.69 Å². The lowest BCUT2D eigenvalue weighted by Gasteiger charge is -2.28. The third-order valence-electron chi connectivity index (χ3n) is 5.27. The van der Waals surface area contributed by atoms with Crippen LogP contribution in [0.1, 0.15) is 16.7 Å². The number of benzene rings is 3. The van der Waals surface area contributed by atoms with Crippen LogP contribution in [0.2, 0.25) is 0 Å². The van der Waals surface area contributed by atoms with E-state index in [1.54, 1.807) is 38.4 Å². The number of nitrogens with zero attached hydrogens (tertiary/aromatic N) is 2. The summed E-state index contributed by atoms with van der Waals surface area (Å²) in [5, 5.41) is 0. The van der Waals surface area contributed by atoms with Gasteiger partial charge >= 0.3 is 0 Å². The van der Waals surface area contributed by atoms with Gasteiger partial charge in [0.1, 0.15) is 12.3 Å². The second kappa shape index (κ2) is 9.87. The molecule has 0 saturated carbocycles. The van der Waals surface area contributed by atoms with Gasteiger partial charge in [0.15, 0.2) is 0 Å². The zero-order valence-electron chi connectivity index (χ0n) is 18.8. The van der Waals surface area contributed by atoms with E-state index in [1.807, 2.05) is 50.2 Å². The highest BCUT2D eigenvalue weighted by Gasteiger charge is 2.29. The van der Waals surface area contributed by atoms with Crippen molar-refractivity contribution in [2.24, 2.45) is 0 Å². The van der Waals surface area contributed by atoms with Crippen molar-refractivity contribution in [3.63, 3.8) is 0 Å². The molecule has 1 amide bonds. The molecule has 0 aliphatic heterocycles. The quantitative estimate of drug-likeness (QED) is 0.515. The minimum Gasteiger partial charge on any atom is -0.496 e. The number of hydrogen-bond acceptors (Lipinski definition) is 4. The summed E-state index contributed by atoms with van der Waals surface area (Å²) in [6.45, 7) is 3.72. The molecule has 0 aliphatic rings. The minimum absolute atomic E-state index is 0.140. The molecule has 7 heteroatoms. The van der Waals surface area contributed by atoms with E-state index in [2.05, 4.69) is 0 Å². The second-order valence-electron chi connectivity index (χ2n) is 7.68. The Morgan fingerprint density at radius 2 is 1.59 bits per heavy atom. The first-order valence-electron chi connectivity index (χ1n) is 10.2. The maximum Gasteiger partial charge on any atom is 0.264 e. The number of carbonyl (C=O) groups excluding carboxylic acids is 1. The maximum absolute atomic E-state index is 13.5. The lowest BCUT2D eigenvalue weighted by atomic mass is 10.1. The molecule has 0 heterocycles. The molecule has 0 saturated heterocycles. The molecule has 0 spiro atoms. The molecule has 0 radical (unpaired) electrons. The highest BCUT2D eigenvalue weighted by atomic mass is 32.2. The van der Waals surface area contributed by atoms with Gasteiger partial charge in [-0.2, -0.15) is 0 Å². The predicted molar refractivity (Wildman–Crippen MR) is 126 cm³/mol. The van der Waals surface area contributed by atoms with Gasteiger partial charge in [-0.1, -0.05) is 48.5 Å². The van der Waals surface area contributed by atoms with E-state index in [-0.39, 0.29) is 17.3 Å². The van der Waals surface area contributed by atoms with Crippen LogP contribution in [0.15, 0.2) is 77.7 Å². The highest BCUT2D eigenvalue weighted by molar-refractivity contribution is 7.92. The fourth-order valence-electron chi connectivity index (χ4n) is 3.43. The molecule has 0 aromatic heterocycles. The number of methoxy groups -OCH3 is 1. The third kappa shape index (κ3) is 5.11. The minimum atomic E-state index is -3.95. The summed E-state index contributed by atoms with van der Waals surface area (Å²) in [6, 6.07) is 21.2. The van der Waals surface area contributed by atoms with Gasteiger partial charge in [-0.25, -0.2) is 8.42 Å². The van der Waals surface area contributed by atoms with Gasteiger partial charge in [-0.05, 0) is 49.2 Å². The smallest absolute Gasteiger partial charge is 0.264 e. The number of likely N-dealkylation sites (N-methyl/N-ethyl adjacent to an activating group) is 1. The number of carbonyl (C=O) groups is 1. The Morgan fingerprint density at radius 3 is 2.28 bits per heavy atom. The Balaban J connectivity index is 1.95. The highest BCUT2D eigenvalue weighted by Crippen LogP contribution is 2.28. The van der Waals surface area contributed by atoms with E-state index in [0.29, 0.717) is 18.0 Å². The average molecular weight is 453 g/mol. The molecular formula is C25H28N2O4S. The molecule has 0 N–H and O–H groups in total. The van der Waals surface area contributed by atoms with Crippen LogP contribution in [0, 0.1) is 13.8 Å². The molecule has 3 aromatic carbocycles. The number of sulfonamides is 1. The summed E-state index contributed by atoms with van der Waals surface area (Å²) in [4.78, 5) is 14.8. The van der Waals surface area contributed by atoms with Crippen LogP contribution < -0.4 is 9.04 Å². The van der Waals surface area contributed by atoms with Gasteiger partial charge in [-0.3, -0.25) is 9.10 Å². The largest absolute Gasteiger partial charge is 0.496 e. The summed E-state index contributed by atoms with van der Waals surface area (Å²) in [6.07, 6.45) is 0. The molecule has 3 aromatic rings. The third-order valence-corrected chi connectivity index (χ3v) is 7.04. The fourth-order valence-corrected chi connectivity index (χ4v) is 4.92. The molecule has 0 atom stereocenters. The molecule has 3 rings (SSSR count). The Morgan fingerprint density at radius 1 is 0.938 bits per heavy atom. The SMILES string of the molecule is COc1ccccc1CN(C)C(=O)CN(c1cc(C)ccc1C)S(=O)(=O)c1ccccc1. The predicted octanol–water partition coefficient (Wildman–Crippen LogP) is 4.17. The number of aryl methyl sites for hydroxylation is 2. The number of hydrogen-bond donors (Lipinski definition) is 0. The Hall–Kier alpha value is -3.32. The lowest BCUT2D eigenvalue weighted by Crippen LogP contribution is -2.41. The number of ether oxygens (including phenoxy) is 1. The number of amides is 1. The van der Waals surface area contributed by atoms with Crippen molar-refractivity contribution in [2.45, 2.75) is 25.3 Å². The van der Waals surface area contributed by atoms with Crippen LogP contribution >= 0.6 is 0 Å². The monoisotopic (exact) mass is 452 g/mol. The number of para-hydroxylation sites is 1.